The lowest BCUT2D eigenvalue weighted by Gasteiger charge is -2.35. The molecule has 0 aromatic heterocycles. The van der Waals surface area contributed by atoms with Gasteiger partial charge in [-0.25, -0.2) is 0 Å². The SMILES string of the molecule is C=CCSc1ccc(C2(c3ccc(C(C)(C)C)cc3)c3ccccc3-c3ccc(N(c4ccccc4)c4ccc(-c5ccc(N(c6ccccc6)c6ccc7c(c6)C(c6ccc(SCC=C)cc6)(c6ccc(C(C)(C)C)cc6)c6ccccc6-7)cc5)cc4)cc32)cc1. The third kappa shape index (κ3) is 10.6. The molecule has 2 nitrogen and oxygen atoms in total. The summed E-state index contributed by atoms with van der Waals surface area (Å²) in [6.45, 7) is 21.8. The molecule has 2 aliphatic carbocycles. The molecule has 0 saturated carbocycles. The van der Waals surface area contributed by atoms with Gasteiger partial charge in [-0.15, -0.1) is 36.7 Å². The number of hydrogen-bond donors (Lipinski definition) is 0. The van der Waals surface area contributed by atoms with Gasteiger partial charge in [-0.05, 0) is 197 Å². The smallest absolute Gasteiger partial charge is 0.0714 e. The number of fused-ring (bicyclic) bond motifs is 6. The van der Waals surface area contributed by atoms with Gasteiger partial charge in [-0.1, -0.05) is 248 Å². The first-order chi connectivity index (χ1) is 44.8. The molecule has 0 fully saturated rings. The van der Waals surface area contributed by atoms with Crippen LogP contribution in [0.2, 0.25) is 0 Å². The predicted octanol–water partition coefficient (Wildman–Crippen LogP) is 24.2. The van der Waals surface area contributed by atoms with Crippen LogP contribution in [0.15, 0.2) is 326 Å². The Kier molecular flexibility index (Phi) is 16.0. The van der Waals surface area contributed by atoms with Crippen molar-refractivity contribution in [1.29, 1.82) is 0 Å². The Hall–Kier alpha value is -9.58. The fraction of sp³-hybridized carbons (Fsp3) is 0.136. The van der Waals surface area contributed by atoms with E-state index in [4.69, 9.17) is 0 Å². The molecule has 2 unspecified atom stereocenters. The second kappa shape index (κ2) is 24.6. The lowest BCUT2D eigenvalue weighted by atomic mass is 9.67. The quantitative estimate of drug-likeness (QED) is 0.0662. The Labute approximate surface area is 553 Å². The number of thioether (sulfide) groups is 2. The summed E-state index contributed by atoms with van der Waals surface area (Å²) in [6.07, 6.45) is 3.95. The van der Waals surface area contributed by atoms with Crippen LogP contribution < -0.4 is 9.80 Å². The van der Waals surface area contributed by atoms with Crippen molar-refractivity contribution in [1.82, 2.24) is 0 Å². The average molecular weight is 1230 g/mol. The van der Waals surface area contributed by atoms with Gasteiger partial charge in [0.05, 0.1) is 10.8 Å². The second-order valence-corrected chi connectivity index (χ2v) is 28.6. The summed E-state index contributed by atoms with van der Waals surface area (Å²) in [5, 5.41) is 0. The summed E-state index contributed by atoms with van der Waals surface area (Å²) in [7, 11) is 0. The standard InChI is InChI=1S/C88H76N2S2/c1-9-57-91-75-51-41-67(42-52-75)87(65-37-33-63(34-38-65)85(3,4)5)81-27-19-17-25-77(81)79-55-49-73(59-83(79)87)89(69-21-13-11-14-22-69)71-45-29-61(30-46-71)62-31-47-72(48-32-62)90(70-23-15-12-16-24-70)74-50-56-80-78-26-18-20-28-82(78)88(84(80)60-74,66-39-35-64(36-40-66)86(6,7)8)68-43-53-76(54-44-68)92-58-10-2/h9-56,59-60H,1-2,57-58H2,3-8H3. The van der Waals surface area contributed by atoms with E-state index in [1.807, 2.05) is 35.7 Å². The zero-order valence-electron chi connectivity index (χ0n) is 53.4. The number of nitrogens with zero attached hydrogens (tertiary/aromatic N) is 2. The highest BCUT2D eigenvalue weighted by atomic mass is 32.2. The molecule has 92 heavy (non-hydrogen) atoms. The molecule has 12 aromatic carbocycles. The Morgan fingerprint density at radius 3 is 0.935 bits per heavy atom. The van der Waals surface area contributed by atoms with Gasteiger partial charge < -0.3 is 9.80 Å². The minimum Gasteiger partial charge on any atom is -0.310 e. The number of hydrogen-bond acceptors (Lipinski definition) is 4. The number of rotatable bonds is 17. The van der Waals surface area contributed by atoms with Crippen molar-refractivity contribution in [2.24, 2.45) is 0 Å². The third-order valence-electron chi connectivity index (χ3n) is 18.9. The fourth-order valence-corrected chi connectivity index (χ4v) is 15.7. The first-order valence-electron chi connectivity index (χ1n) is 32.1. The van der Waals surface area contributed by atoms with Crippen LogP contribution in [0.4, 0.5) is 34.1 Å². The van der Waals surface area contributed by atoms with E-state index in [1.165, 1.54) is 87.7 Å². The first-order valence-corrected chi connectivity index (χ1v) is 34.1. The van der Waals surface area contributed by atoms with Gasteiger partial charge >= 0.3 is 0 Å². The maximum Gasteiger partial charge on any atom is 0.0714 e. The van der Waals surface area contributed by atoms with Crippen molar-refractivity contribution >= 4 is 57.6 Å². The molecule has 2 atom stereocenters. The Balaban J connectivity index is 0.846. The van der Waals surface area contributed by atoms with Crippen molar-refractivity contribution in [3.8, 4) is 33.4 Å². The molecule has 450 valence electrons. The highest BCUT2D eigenvalue weighted by molar-refractivity contribution is 7.99. The van der Waals surface area contributed by atoms with Crippen molar-refractivity contribution in [2.75, 3.05) is 21.3 Å². The summed E-state index contributed by atoms with van der Waals surface area (Å²) in [5.74, 6) is 1.72. The predicted molar refractivity (Wildman–Crippen MR) is 395 cm³/mol. The van der Waals surface area contributed by atoms with Crippen LogP contribution in [0, 0.1) is 0 Å². The monoisotopic (exact) mass is 1220 g/mol. The molecule has 0 bridgehead atoms. The van der Waals surface area contributed by atoms with Crippen LogP contribution in [0.3, 0.4) is 0 Å². The first kappa shape index (κ1) is 60.0. The lowest BCUT2D eigenvalue weighted by Crippen LogP contribution is -2.29. The zero-order valence-corrected chi connectivity index (χ0v) is 55.0. The molecule has 0 aliphatic heterocycles. The molecule has 0 amide bonds. The zero-order chi connectivity index (χ0) is 63.2. The van der Waals surface area contributed by atoms with Crippen molar-refractivity contribution < 1.29 is 0 Å². The minimum absolute atomic E-state index is 0.0143. The normalized spacial score (nSPS) is 15.4. The molecule has 0 saturated heterocycles. The van der Waals surface area contributed by atoms with E-state index in [1.54, 1.807) is 0 Å². The minimum atomic E-state index is -0.582. The van der Waals surface area contributed by atoms with Gasteiger partial charge in [-0.2, -0.15) is 0 Å². The van der Waals surface area contributed by atoms with Gasteiger partial charge in [-0.3, -0.25) is 0 Å². The Morgan fingerprint density at radius 2 is 0.598 bits per heavy atom. The van der Waals surface area contributed by atoms with E-state index in [9.17, 15) is 0 Å². The summed E-state index contributed by atoms with van der Waals surface area (Å²) < 4.78 is 0. The molecule has 2 aliphatic rings. The summed E-state index contributed by atoms with van der Waals surface area (Å²) in [4.78, 5) is 7.30. The van der Waals surface area contributed by atoms with Gasteiger partial charge in [0.2, 0.25) is 0 Å². The van der Waals surface area contributed by atoms with Gasteiger partial charge in [0.15, 0.2) is 0 Å². The Bertz CT molecular complexity index is 4330. The van der Waals surface area contributed by atoms with E-state index < -0.39 is 10.8 Å². The van der Waals surface area contributed by atoms with Crippen LogP contribution >= 0.6 is 23.5 Å². The van der Waals surface area contributed by atoms with Crippen LogP contribution in [0.1, 0.15) is 97.2 Å². The van der Waals surface area contributed by atoms with E-state index in [0.717, 1.165) is 56.8 Å². The third-order valence-corrected chi connectivity index (χ3v) is 20.9. The number of anilines is 6. The molecule has 12 aromatic rings. The van der Waals surface area contributed by atoms with E-state index >= 15 is 0 Å². The van der Waals surface area contributed by atoms with Crippen molar-refractivity contribution in [2.45, 2.75) is 73.0 Å². The number of para-hydroxylation sites is 2. The van der Waals surface area contributed by atoms with Gasteiger partial charge in [0.25, 0.3) is 0 Å². The maximum absolute atomic E-state index is 4.00. The highest BCUT2D eigenvalue weighted by Crippen LogP contribution is 2.60. The van der Waals surface area contributed by atoms with Crippen LogP contribution in [-0.4, -0.2) is 11.5 Å². The van der Waals surface area contributed by atoms with Crippen molar-refractivity contribution in [3.05, 3.63) is 372 Å². The molecule has 0 N–H and O–H groups in total. The average Bonchev–Trinajstić information content (AvgIpc) is 1.53. The topological polar surface area (TPSA) is 6.48 Å². The fourth-order valence-electron chi connectivity index (χ4n) is 14.4. The number of benzene rings is 12. The van der Waals surface area contributed by atoms with Gasteiger partial charge in [0, 0.05) is 55.4 Å². The van der Waals surface area contributed by atoms with E-state index in [-0.39, 0.29) is 10.8 Å². The largest absolute Gasteiger partial charge is 0.310 e. The summed E-state index contributed by atoms with van der Waals surface area (Å²) in [5.41, 5.74) is 25.5. The van der Waals surface area contributed by atoms with Crippen molar-refractivity contribution in [3.63, 3.8) is 0 Å². The molecule has 4 heteroatoms. The molecule has 14 rings (SSSR count). The molecular formula is C88H76N2S2. The van der Waals surface area contributed by atoms with E-state index in [0.29, 0.717) is 0 Å². The van der Waals surface area contributed by atoms with Crippen LogP contribution in [0.25, 0.3) is 33.4 Å². The molecule has 0 spiro atoms. The maximum atomic E-state index is 4.00. The Morgan fingerprint density at radius 1 is 0.304 bits per heavy atom. The lowest BCUT2D eigenvalue weighted by molar-refractivity contribution is 0.589. The van der Waals surface area contributed by atoms with Crippen LogP contribution in [0.5, 0.6) is 0 Å². The second-order valence-electron chi connectivity index (χ2n) is 26.4. The summed E-state index contributed by atoms with van der Waals surface area (Å²) in [6, 6.07) is 110. The van der Waals surface area contributed by atoms with Crippen LogP contribution in [-0.2, 0) is 21.7 Å². The van der Waals surface area contributed by atoms with Gasteiger partial charge in [0.1, 0.15) is 0 Å². The molecule has 0 radical (unpaired) electrons. The summed E-state index contributed by atoms with van der Waals surface area (Å²) >= 11 is 3.63. The molecule has 0 heterocycles. The highest BCUT2D eigenvalue weighted by Gasteiger charge is 2.48. The van der Waals surface area contributed by atoms with E-state index in [2.05, 4.69) is 356 Å². The molecular weight excluding hydrogens is 1150 g/mol.